The lowest BCUT2D eigenvalue weighted by atomic mass is 9.90. The maximum absolute atomic E-state index is 11.4. The molecule has 0 aliphatic heterocycles. The summed E-state index contributed by atoms with van der Waals surface area (Å²) in [5, 5.41) is 18.7. The second kappa shape index (κ2) is 2.76. The largest absolute Gasteiger partial charge is 0.504 e. The third kappa shape index (κ3) is 1.16. The van der Waals surface area contributed by atoms with Crippen LogP contribution in [0.25, 0.3) is 0 Å². The van der Waals surface area contributed by atoms with Crippen molar-refractivity contribution in [3.05, 3.63) is 23.3 Å². The number of Topliss-reactive ketones (excluding diaryl/α,β-unsaturated/α-hetero) is 1. The van der Waals surface area contributed by atoms with Crippen molar-refractivity contribution in [2.24, 2.45) is 0 Å². The van der Waals surface area contributed by atoms with Crippen molar-refractivity contribution in [3.8, 4) is 11.5 Å². The Morgan fingerprint density at radius 2 is 1.92 bits per heavy atom. The summed E-state index contributed by atoms with van der Waals surface area (Å²) in [6.45, 7) is 0. The van der Waals surface area contributed by atoms with Gasteiger partial charge in [0.2, 0.25) is 0 Å². The van der Waals surface area contributed by atoms with Gasteiger partial charge in [-0.05, 0) is 25.0 Å². The van der Waals surface area contributed by atoms with Crippen LogP contribution in [0.1, 0.15) is 28.8 Å². The third-order valence-electron chi connectivity index (χ3n) is 2.39. The molecule has 0 amide bonds. The van der Waals surface area contributed by atoms with E-state index < -0.39 is 0 Å². The number of phenols is 2. The maximum atomic E-state index is 11.4. The van der Waals surface area contributed by atoms with Gasteiger partial charge in [0.05, 0.1) is 0 Å². The normalized spacial score (nSPS) is 15.5. The SMILES string of the molecule is O=C1CCCc2c1ccc(O)c2O. The molecule has 0 atom stereocenters. The van der Waals surface area contributed by atoms with Crippen molar-refractivity contribution in [2.75, 3.05) is 0 Å². The average molecular weight is 178 g/mol. The number of phenolic OH excluding ortho intramolecular Hbond substituents is 2. The Bertz CT molecular complexity index is 369. The van der Waals surface area contributed by atoms with Gasteiger partial charge in [0.25, 0.3) is 0 Å². The summed E-state index contributed by atoms with van der Waals surface area (Å²) in [7, 11) is 0. The molecule has 2 N–H and O–H groups in total. The molecular formula is C10H10O3. The molecular weight excluding hydrogens is 168 g/mol. The van der Waals surface area contributed by atoms with E-state index in [-0.39, 0.29) is 17.3 Å². The minimum atomic E-state index is -0.145. The van der Waals surface area contributed by atoms with Gasteiger partial charge >= 0.3 is 0 Å². The Morgan fingerprint density at radius 3 is 2.69 bits per heavy atom. The van der Waals surface area contributed by atoms with Crippen molar-refractivity contribution in [2.45, 2.75) is 19.3 Å². The number of carbonyl (C=O) groups excluding carboxylic acids is 1. The summed E-state index contributed by atoms with van der Waals surface area (Å²) in [5.74, 6) is -0.226. The van der Waals surface area contributed by atoms with E-state index in [4.69, 9.17) is 0 Å². The van der Waals surface area contributed by atoms with Crippen LogP contribution >= 0.6 is 0 Å². The minimum Gasteiger partial charge on any atom is -0.504 e. The Balaban J connectivity index is 2.63. The van der Waals surface area contributed by atoms with E-state index in [2.05, 4.69) is 0 Å². The molecule has 0 fully saturated rings. The fraction of sp³-hybridized carbons (Fsp3) is 0.300. The van der Waals surface area contributed by atoms with Crippen LogP contribution in [0.2, 0.25) is 0 Å². The lowest BCUT2D eigenvalue weighted by Crippen LogP contribution is -2.10. The van der Waals surface area contributed by atoms with Gasteiger partial charge in [0, 0.05) is 17.5 Å². The van der Waals surface area contributed by atoms with E-state index in [1.807, 2.05) is 0 Å². The van der Waals surface area contributed by atoms with Crippen molar-refractivity contribution in [3.63, 3.8) is 0 Å². The zero-order valence-electron chi connectivity index (χ0n) is 7.08. The van der Waals surface area contributed by atoms with Crippen LogP contribution in [0, 0.1) is 0 Å². The molecule has 1 aromatic carbocycles. The number of ketones is 1. The number of hydrogen-bond acceptors (Lipinski definition) is 3. The molecule has 0 saturated heterocycles. The fourth-order valence-electron chi connectivity index (χ4n) is 1.70. The highest BCUT2D eigenvalue weighted by atomic mass is 16.3. The maximum Gasteiger partial charge on any atom is 0.163 e. The molecule has 1 aliphatic carbocycles. The first-order chi connectivity index (χ1) is 6.20. The number of rotatable bonds is 0. The minimum absolute atomic E-state index is 0.0524. The van der Waals surface area contributed by atoms with E-state index in [9.17, 15) is 15.0 Å². The molecule has 0 bridgehead atoms. The monoisotopic (exact) mass is 178 g/mol. The molecule has 0 radical (unpaired) electrons. The molecule has 0 unspecified atom stereocenters. The van der Waals surface area contributed by atoms with E-state index in [1.165, 1.54) is 6.07 Å². The van der Waals surface area contributed by atoms with Gasteiger partial charge in [-0.3, -0.25) is 4.79 Å². The number of hydrogen-bond donors (Lipinski definition) is 2. The third-order valence-corrected chi connectivity index (χ3v) is 2.39. The van der Waals surface area contributed by atoms with Gasteiger partial charge in [0.15, 0.2) is 17.3 Å². The van der Waals surface area contributed by atoms with Gasteiger partial charge in [-0.25, -0.2) is 0 Å². The van der Waals surface area contributed by atoms with Crippen LogP contribution in [-0.2, 0) is 6.42 Å². The molecule has 0 spiro atoms. The highest BCUT2D eigenvalue weighted by Gasteiger charge is 2.21. The Labute approximate surface area is 75.6 Å². The number of benzene rings is 1. The first-order valence-corrected chi connectivity index (χ1v) is 4.27. The smallest absolute Gasteiger partial charge is 0.163 e. The highest BCUT2D eigenvalue weighted by molar-refractivity contribution is 5.99. The van der Waals surface area contributed by atoms with Crippen LogP contribution in [0.15, 0.2) is 12.1 Å². The molecule has 68 valence electrons. The van der Waals surface area contributed by atoms with Crippen molar-refractivity contribution >= 4 is 5.78 Å². The predicted molar refractivity (Wildman–Crippen MR) is 47.0 cm³/mol. The zero-order chi connectivity index (χ0) is 9.42. The summed E-state index contributed by atoms with van der Waals surface area (Å²) < 4.78 is 0. The fourth-order valence-corrected chi connectivity index (χ4v) is 1.70. The van der Waals surface area contributed by atoms with E-state index in [1.54, 1.807) is 6.07 Å². The first kappa shape index (κ1) is 8.10. The summed E-state index contributed by atoms with van der Waals surface area (Å²) in [6.07, 6.45) is 1.96. The lowest BCUT2D eigenvalue weighted by molar-refractivity contribution is 0.0971. The van der Waals surface area contributed by atoms with Crippen LogP contribution in [0.5, 0.6) is 11.5 Å². The number of carbonyl (C=O) groups is 1. The molecule has 1 aromatic rings. The van der Waals surface area contributed by atoms with Crippen molar-refractivity contribution in [1.29, 1.82) is 0 Å². The lowest BCUT2D eigenvalue weighted by Gasteiger charge is -2.15. The quantitative estimate of drug-likeness (QED) is 0.593. The Hall–Kier alpha value is -1.51. The number of fused-ring (bicyclic) bond motifs is 1. The van der Waals surface area contributed by atoms with E-state index in [0.29, 0.717) is 24.0 Å². The van der Waals surface area contributed by atoms with E-state index in [0.717, 1.165) is 6.42 Å². The standard InChI is InChI=1S/C10H10O3/c11-8-3-1-2-7-6(8)4-5-9(12)10(7)13/h4-5,12-13H,1-3H2. The first-order valence-electron chi connectivity index (χ1n) is 4.27. The van der Waals surface area contributed by atoms with Gasteiger partial charge in [-0.15, -0.1) is 0 Å². The molecule has 0 saturated carbocycles. The summed E-state index contributed by atoms with van der Waals surface area (Å²) in [6, 6.07) is 2.93. The molecule has 0 aromatic heterocycles. The summed E-state index contributed by atoms with van der Waals surface area (Å²) in [5.41, 5.74) is 1.15. The summed E-state index contributed by atoms with van der Waals surface area (Å²) >= 11 is 0. The van der Waals surface area contributed by atoms with Crippen molar-refractivity contribution < 1.29 is 15.0 Å². The van der Waals surface area contributed by atoms with E-state index >= 15 is 0 Å². The van der Waals surface area contributed by atoms with Crippen LogP contribution in [-0.4, -0.2) is 16.0 Å². The van der Waals surface area contributed by atoms with Gasteiger partial charge < -0.3 is 10.2 Å². The number of aromatic hydroxyl groups is 2. The highest BCUT2D eigenvalue weighted by Crippen LogP contribution is 2.35. The average Bonchev–Trinajstić information content (AvgIpc) is 2.12. The topological polar surface area (TPSA) is 57.5 Å². The molecule has 13 heavy (non-hydrogen) atoms. The second-order valence-corrected chi connectivity index (χ2v) is 3.24. The Kier molecular flexibility index (Phi) is 1.72. The Morgan fingerprint density at radius 1 is 1.15 bits per heavy atom. The van der Waals surface area contributed by atoms with Gasteiger partial charge in [-0.2, -0.15) is 0 Å². The predicted octanol–water partition coefficient (Wildman–Crippen LogP) is 1.62. The molecule has 2 rings (SSSR count). The van der Waals surface area contributed by atoms with Crippen LogP contribution in [0.3, 0.4) is 0 Å². The van der Waals surface area contributed by atoms with Gasteiger partial charge in [0.1, 0.15) is 0 Å². The van der Waals surface area contributed by atoms with Crippen LogP contribution in [0.4, 0.5) is 0 Å². The summed E-state index contributed by atoms with van der Waals surface area (Å²) in [4.78, 5) is 11.4. The molecule has 3 nitrogen and oxygen atoms in total. The van der Waals surface area contributed by atoms with Crippen molar-refractivity contribution in [1.82, 2.24) is 0 Å². The second-order valence-electron chi connectivity index (χ2n) is 3.24. The molecule has 1 aliphatic rings. The van der Waals surface area contributed by atoms with Gasteiger partial charge in [-0.1, -0.05) is 0 Å². The zero-order valence-corrected chi connectivity index (χ0v) is 7.08. The molecule has 3 heteroatoms. The van der Waals surface area contributed by atoms with Crippen LogP contribution < -0.4 is 0 Å². The molecule has 0 heterocycles.